The molecule has 14 nitrogen and oxygen atoms in total. The van der Waals surface area contributed by atoms with Crippen molar-refractivity contribution in [3.05, 3.63) is 83.5 Å². The first-order chi connectivity index (χ1) is 32.8. The predicted molar refractivity (Wildman–Crippen MR) is 258 cm³/mol. The van der Waals surface area contributed by atoms with Gasteiger partial charge in [-0.15, -0.1) is 6.58 Å². The van der Waals surface area contributed by atoms with Crippen LogP contribution in [-0.4, -0.2) is 110 Å². The van der Waals surface area contributed by atoms with Crippen LogP contribution in [0.1, 0.15) is 143 Å². The van der Waals surface area contributed by atoms with Gasteiger partial charge in [-0.3, -0.25) is 4.79 Å². The first-order valence-electron chi connectivity index (χ1n) is 24.9. The highest BCUT2D eigenvalue weighted by molar-refractivity contribution is 6.03. The second-order valence-corrected chi connectivity index (χ2v) is 18.0. The Morgan fingerprint density at radius 3 is 2.28 bits per heavy atom. The second-order valence-electron chi connectivity index (χ2n) is 18.0. The zero-order valence-corrected chi connectivity index (χ0v) is 40.0. The Morgan fingerprint density at radius 2 is 1.63 bits per heavy atom. The van der Waals surface area contributed by atoms with Gasteiger partial charge in [0.15, 0.2) is 0 Å². The molecule has 0 saturated heterocycles. The van der Waals surface area contributed by atoms with Gasteiger partial charge in [-0.25, -0.2) is 4.79 Å². The van der Waals surface area contributed by atoms with Gasteiger partial charge >= 0.3 is 6.09 Å². The molecule has 0 aromatic heterocycles. The molecule has 6 atom stereocenters. The number of nitrogens with zero attached hydrogens (tertiary/aromatic N) is 3. The molecule has 67 heavy (non-hydrogen) atoms. The fourth-order valence-electron chi connectivity index (χ4n) is 10.3. The van der Waals surface area contributed by atoms with Crippen LogP contribution in [-0.2, 0) is 14.3 Å². The number of fused-ring (bicyclic) bond motifs is 2. The Balaban J connectivity index is 1.56. The molecule has 0 spiro atoms. The molecule has 5 rings (SSSR count). The van der Waals surface area contributed by atoms with Gasteiger partial charge in [-0.2, -0.15) is 5.26 Å². The lowest BCUT2D eigenvalue weighted by Gasteiger charge is -2.60. The van der Waals surface area contributed by atoms with Crippen LogP contribution in [0.2, 0.25) is 0 Å². The predicted octanol–water partition coefficient (Wildman–Crippen LogP) is 8.98. The van der Waals surface area contributed by atoms with Gasteiger partial charge in [0.1, 0.15) is 24.7 Å². The molecule has 1 fully saturated rings. The summed E-state index contributed by atoms with van der Waals surface area (Å²) in [7, 11) is 1.50. The van der Waals surface area contributed by atoms with E-state index in [4.69, 9.17) is 23.8 Å². The Hall–Kier alpha value is -4.78. The van der Waals surface area contributed by atoms with E-state index in [-0.39, 0.29) is 76.3 Å². The number of ether oxygens (including phenoxy) is 4. The molecule has 2 aliphatic carbocycles. The molecule has 3 aliphatic rings. The van der Waals surface area contributed by atoms with Crippen LogP contribution in [0.5, 0.6) is 11.5 Å². The highest BCUT2D eigenvalue weighted by Crippen LogP contribution is 2.62. The molecule has 368 valence electrons. The zero-order chi connectivity index (χ0) is 47.9. The Morgan fingerprint density at radius 1 is 0.925 bits per heavy atom. The van der Waals surface area contributed by atoms with E-state index in [9.17, 15) is 30.2 Å². The number of oxime groups is 1. The summed E-state index contributed by atoms with van der Waals surface area (Å²) in [6, 6.07) is 13.2. The number of aliphatic hydroxyl groups is 3. The standard InChI is InChI=1S/C53H76N4O10/c1-4-6-7-8-9-10-11-12-13-16-27-55-52(62)66-42-25-26-47-45(36-42)49-43(20-15-18-30-59)41(19-14-17-29-58)35-44-46(56-63-3)37-48(53(67-47,50(44)49)65-32-5-2)57(28-33-64-34-31-60)51(61)40-23-21-39(38-54)22-24-40/h5,21-26,35-36,41,43,48-50,58-60H,2,4,6-20,27-34,37H2,1,3H3,(H,55,62)/t41-,43+,48-,49+,50+,53+/m0/s1. The highest BCUT2D eigenvalue weighted by atomic mass is 16.7. The topological polar surface area (TPSA) is 192 Å². The van der Waals surface area contributed by atoms with E-state index in [1.165, 1.54) is 52.1 Å². The molecular formula is C53H76N4O10. The summed E-state index contributed by atoms with van der Waals surface area (Å²) in [4.78, 5) is 35.5. The monoisotopic (exact) mass is 929 g/mol. The number of nitrogens with one attached hydrogen (secondary N) is 1. The molecule has 2 aromatic rings. The lowest BCUT2D eigenvalue weighted by Crippen LogP contribution is -2.70. The minimum Gasteiger partial charge on any atom is -0.459 e. The highest BCUT2D eigenvalue weighted by Gasteiger charge is 2.65. The van der Waals surface area contributed by atoms with Crippen LogP contribution in [0.25, 0.3) is 0 Å². The number of carbonyl (C=O) groups excluding carboxylic acids is 2. The van der Waals surface area contributed by atoms with Crippen molar-refractivity contribution in [2.45, 2.75) is 134 Å². The molecule has 0 radical (unpaired) electrons. The van der Waals surface area contributed by atoms with Crippen molar-refractivity contribution in [2.24, 2.45) is 22.9 Å². The number of amides is 2. The van der Waals surface area contributed by atoms with Gasteiger partial charge in [0.25, 0.3) is 5.91 Å². The Bertz CT molecular complexity index is 1950. The zero-order valence-electron chi connectivity index (χ0n) is 40.0. The minimum absolute atomic E-state index is 0.0142. The number of rotatable bonds is 31. The van der Waals surface area contributed by atoms with Crippen molar-refractivity contribution in [1.29, 1.82) is 5.26 Å². The summed E-state index contributed by atoms with van der Waals surface area (Å²) in [6.45, 7) is 7.04. The number of nitriles is 1. The van der Waals surface area contributed by atoms with Crippen molar-refractivity contribution in [3.63, 3.8) is 0 Å². The minimum atomic E-state index is -1.52. The molecule has 2 amide bonds. The molecule has 2 aromatic carbocycles. The third-order valence-corrected chi connectivity index (χ3v) is 13.5. The second kappa shape index (κ2) is 28.5. The number of allylic oxidation sites excluding steroid dienone is 1. The van der Waals surface area contributed by atoms with E-state index in [0.29, 0.717) is 47.7 Å². The first kappa shape index (κ1) is 53.2. The molecular weight excluding hydrogens is 853 g/mol. The van der Waals surface area contributed by atoms with E-state index >= 15 is 0 Å². The van der Waals surface area contributed by atoms with E-state index in [2.05, 4.69) is 36.1 Å². The van der Waals surface area contributed by atoms with Crippen molar-refractivity contribution < 1.29 is 48.7 Å². The molecule has 14 heteroatoms. The van der Waals surface area contributed by atoms with Crippen LogP contribution >= 0.6 is 0 Å². The summed E-state index contributed by atoms with van der Waals surface area (Å²) >= 11 is 0. The maximum Gasteiger partial charge on any atom is 0.412 e. The third kappa shape index (κ3) is 14.4. The number of unbranched alkanes of at least 4 members (excludes halogenated alkanes) is 11. The number of hydrogen-bond acceptors (Lipinski definition) is 12. The largest absolute Gasteiger partial charge is 0.459 e. The fourth-order valence-corrected chi connectivity index (χ4v) is 10.3. The molecule has 0 bridgehead atoms. The Kier molecular flexibility index (Phi) is 22.6. The molecule has 0 unspecified atom stereocenters. The molecule has 1 aliphatic heterocycles. The normalized spacial score (nSPS) is 22.1. The van der Waals surface area contributed by atoms with Crippen LogP contribution < -0.4 is 14.8 Å². The molecule has 4 N–H and O–H groups in total. The van der Waals surface area contributed by atoms with E-state index in [0.717, 1.165) is 56.1 Å². The number of benzene rings is 2. The van der Waals surface area contributed by atoms with Crippen LogP contribution in [0, 0.1) is 29.1 Å². The van der Waals surface area contributed by atoms with Crippen LogP contribution in [0.3, 0.4) is 0 Å². The van der Waals surface area contributed by atoms with Crippen molar-refractivity contribution in [1.82, 2.24) is 10.2 Å². The number of hydrogen-bond donors (Lipinski definition) is 4. The first-order valence-corrected chi connectivity index (χ1v) is 24.9. The fraction of sp³-hybridized carbons (Fsp3) is 0.623. The van der Waals surface area contributed by atoms with Crippen LogP contribution in [0.4, 0.5) is 4.79 Å². The molecule has 1 saturated carbocycles. The van der Waals surface area contributed by atoms with Crippen LogP contribution in [0.15, 0.2) is 71.9 Å². The smallest absolute Gasteiger partial charge is 0.412 e. The summed E-state index contributed by atoms with van der Waals surface area (Å²) in [5.41, 5.74) is 3.08. The third-order valence-electron chi connectivity index (χ3n) is 13.5. The summed E-state index contributed by atoms with van der Waals surface area (Å²) in [5, 5.41) is 46.6. The van der Waals surface area contributed by atoms with Gasteiger partial charge < -0.3 is 49.3 Å². The average Bonchev–Trinajstić information content (AvgIpc) is 3.34. The maximum absolute atomic E-state index is 15.0. The van der Waals surface area contributed by atoms with Gasteiger partial charge in [0.05, 0.1) is 49.7 Å². The average molecular weight is 929 g/mol. The van der Waals surface area contributed by atoms with Crippen molar-refractivity contribution in [2.75, 3.05) is 59.8 Å². The lowest BCUT2D eigenvalue weighted by atomic mass is 9.55. The van der Waals surface area contributed by atoms with Crippen molar-refractivity contribution in [3.8, 4) is 17.6 Å². The van der Waals surface area contributed by atoms with E-state index in [1.807, 2.05) is 12.1 Å². The number of aliphatic hydroxyl groups excluding tert-OH is 3. The van der Waals surface area contributed by atoms with Crippen molar-refractivity contribution >= 4 is 17.7 Å². The maximum atomic E-state index is 15.0. The summed E-state index contributed by atoms with van der Waals surface area (Å²) in [6.07, 6.45) is 19.8. The van der Waals surface area contributed by atoms with Gasteiger partial charge in [0, 0.05) is 49.8 Å². The van der Waals surface area contributed by atoms with Gasteiger partial charge in [0.2, 0.25) is 5.79 Å². The number of carbonyl (C=O) groups is 2. The van der Waals surface area contributed by atoms with E-state index in [1.54, 1.807) is 41.3 Å². The quantitative estimate of drug-likeness (QED) is 0.0321. The summed E-state index contributed by atoms with van der Waals surface area (Å²) < 4.78 is 26.1. The SMILES string of the molecule is C=CCO[C@@]12Oc3ccc(OC(=O)NCCCCCCCCCCCC)cc3[C@H]3[C@H](CCCCO)[C@@H](CCCCO)C=C(C(=NOC)C[C@@H]1N(CCOCCO)C(=O)c1ccc(C#N)cc1)[C@H]32. The van der Waals surface area contributed by atoms with Gasteiger partial charge in [-0.05, 0) is 92.0 Å². The van der Waals surface area contributed by atoms with E-state index < -0.39 is 23.8 Å². The van der Waals surface area contributed by atoms with Gasteiger partial charge in [-0.1, -0.05) is 94.9 Å². The summed E-state index contributed by atoms with van der Waals surface area (Å²) in [5.74, 6) is -1.91. The Labute approximate surface area is 398 Å². The lowest BCUT2D eigenvalue weighted by molar-refractivity contribution is -0.254. The molecule has 1 heterocycles.